The molecule has 3 unspecified atom stereocenters. The van der Waals surface area contributed by atoms with E-state index in [0.717, 1.165) is 6.42 Å². The maximum absolute atomic E-state index is 6.07. The molecular weight excluding hydrogens is 283 g/mol. The Kier molecular flexibility index (Phi) is 4.91. The summed E-state index contributed by atoms with van der Waals surface area (Å²) in [6, 6.07) is 0. The third-order valence-electron chi connectivity index (χ3n) is 3.91. The molecule has 3 nitrogen and oxygen atoms in total. The van der Waals surface area contributed by atoms with Crippen molar-refractivity contribution in [2.45, 2.75) is 46.1 Å². The lowest BCUT2D eigenvalue weighted by Gasteiger charge is -2.37. The Labute approximate surface area is 124 Å². The molecule has 2 rings (SSSR count). The zero-order chi connectivity index (χ0) is 14.0. The molecule has 1 aromatic heterocycles. The van der Waals surface area contributed by atoms with Crippen molar-refractivity contribution in [3.05, 3.63) is 16.5 Å². The highest BCUT2D eigenvalue weighted by Crippen LogP contribution is 2.36. The average Bonchev–Trinajstić information content (AvgIpc) is 2.33. The fourth-order valence-corrected chi connectivity index (χ4v) is 3.07. The Balaban J connectivity index is 2.16. The van der Waals surface area contributed by atoms with Gasteiger partial charge in [-0.05, 0) is 42.2 Å². The third kappa shape index (κ3) is 3.73. The largest absolute Gasteiger partial charge is 0.473 e. The zero-order valence-electron chi connectivity index (χ0n) is 11.6. The molecule has 0 saturated heterocycles. The topological polar surface area (TPSA) is 35.0 Å². The van der Waals surface area contributed by atoms with Crippen molar-refractivity contribution in [1.29, 1.82) is 0 Å². The van der Waals surface area contributed by atoms with Gasteiger partial charge < -0.3 is 4.74 Å². The lowest BCUT2D eigenvalue weighted by molar-refractivity contribution is 0.0426. The van der Waals surface area contributed by atoms with Crippen molar-refractivity contribution in [3.63, 3.8) is 0 Å². The summed E-state index contributed by atoms with van der Waals surface area (Å²) in [4.78, 5) is 7.93. The van der Waals surface area contributed by atoms with Crippen molar-refractivity contribution in [2.75, 3.05) is 0 Å². The highest BCUT2D eigenvalue weighted by Gasteiger charge is 2.33. The number of rotatable bonds is 3. The summed E-state index contributed by atoms with van der Waals surface area (Å²) in [5.41, 5.74) is 0. The van der Waals surface area contributed by atoms with Crippen LogP contribution in [-0.2, 0) is 0 Å². The molecule has 1 aromatic rings. The molecule has 0 spiro atoms. The van der Waals surface area contributed by atoms with Gasteiger partial charge in [0.2, 0.25) is 11.2 Å². The normalized spacial score (nSPS) is 27.6. The minimum atomic E-state index is 0.159. The Hall–Kier alpha value is -0.540. The first kappa shape index (κ1) is 14.9. The smallest absolute Gasteiger partial charge is 0.237 e. The summed E-state index contributed by atoms with van der Waals surface area (Å²) >= 11 is 11.9. The number of aromatic nitrogens is 2. The molecule has 106 valence electrons. The summed E-state index contributed by atoms with van der Waals surface area (Å²) < 4.78 is 6.04. The van der Waals surface area contributed by atoms with Crippen molar-refractivity contribution in [1.82, 2.24) is 9.97 Å². The second kappa shape index (κ2) is 6.27. The highest BCUT2D eigenvalue weighted by atomic mass is 35.5. The van der Waals surface area contributed by atoms with Crippen molar-refractivity contribution >= 4 is 23.2 Å². The standard InChI is InChI=1S/C14H20Cl2N2O/c1-8(2)10-5-4-9(3)6-12(10)19-13-11(15)7-17-14(16)18-13/h7-10,12H,4-6H2,1-3H3. The average molecular weight is 303 g/mol. The third-order valence-corrected chi connectivity index (χ3v) is 4.35. The van der Waals surface area contributed by atoms with Crippen LogP contribution in [-0.4, -0.2) is 16.1 Å². The second-order valence-corrected chi connectivity index (χ2v) is 6.52. The predicted octanol–water partition coefficient (Wildman–Crippen LogP) is 4.62. The van der Waals surface area contributed by atoms with Gasteiger partial charge in [0.25, 0.3) is 0 Å². The van der Waals surface area contributed by atoms with E-state index in [1.54, 1.807) is 0 Å². The molecular formula is C14H20Cl2N2O. The minimum absolute atomic E-state index is 0.159. The Morgan fingerprint density at radius 3 is 2.74 bits per heavy atom. The van der Waals surface area contributed by atoms with Crippen LogP contribution in [0.2, 0.25) is 10.3 Å². The predicted molar refractivity (Wildman–Crippen MR) is 77.8 cm³/mol. The van der Waals surface area contributed by atoms with E-state index >= 15 is 0 Å². The van der Waals surface area contributed by atoms with Gasteiger partial charge in [-0.15, -0.1) is 0 Å². The van der Waals surface area contributed by atoms with Crippen LogP contribution in [0.5, 0.6) is 5.88 Å². The molecule has 0 amide bonds. The molecule has 1 aliphatic carbocycles. The van der Waals surface area contributed by atoms with Gasteiger partial charge in [0.1, 0.15) is 11.1 Å². The summed E-state index contributed by atoms with van der Waals surface area (Å²) in [6.45, 7) is 6.75. The molecule has 0 aliphatic heterocycles. The Morgan fingerprint density at radius 2 is 2.05 bits per heavy atom. The highest BCUT2D eigenvalue weighted by molar-refractivity contribution is 6.32. The lowest BCUT2D eigenvalue weighted by Crippen LogP contribution is -2.36. The molecule has 0 bridgehead atoms. The van der Waals surface area contributed by atoms with Gasteiger partial charge in [0.05, 0.1) is 6.20 Å². The van der Waals surface area contributed by atoms with Crippen LogP contribution in [0.25, 0.3) is 0 Å². The SMILES string of the molecule is CC1CCC(C(C)C)C(Oc2nc(Cl)ncc2Cl)C1. The first-order valence-corrected chi connectivity index (χ1v) is 7.57. The van der Waals surface area contributed by atoms with E-state index in [2.05, 4.69) is 30.7 Å². The van der Waals surface area contributed by atoms with Crippen LogP contribution in [0.1, 0.15) is 40.0 Å². The van der Waals surface area contributed by atoms with E-state index in [1.807, 2.05) is 0 Å². The lowest BCUT2D eigenvalue weighted by atomic mass is 9.75. The summed E-state index contributed by atoms with van der Waals surface area (Å²) in [6.07, 6.45) is 5.15. The van der Waals surface area contributed by atoms with Gasteiger partial charge in [-0.3, -0.25) is 0 Å². The van der Waals surface area contributed by atoms with Gasteiger partial charge >= 0.3 is 0 Å². The summed E-state index contributed by atoms with van der Waals surface area (Å²) in [5, 5.41) is 0.592. The van der Waals surface area contributed by atoms with Crippen LogP contribution < -0.4 is 4.74 Å². The van der Waals surface area contributed by atoms with Gasteiger partial charge in [-0.25, -0.2) is 4.98 Å². The zero-order valence-corrected chi connectivity index (χ0v) is 13.1. The maximum atomic E-state index is 6.07. The monoisotopic (exact) mass is 302 g/mol. The summed E-state index contributed by atoms with van der Waals surface area (Å²) in [7, 11) is 0. The molecule has 1 heterocycles. The number of hydrogen-bond donors (Lipinski definition) is 0. The Bertz CT molecular complexity index is 439. The molecule has 0 radical (unpaired) electrons. The molecule has 0 N–H and O–H groups in total. The van der Waals surface area contributed by atoms with E-state index < -0.39 is 0 Å². The maximum Gasteiger partial charge on any atom is 0.237 e. The molecule has 1 saturated carbocycles. The Morgan fingerprint density at radius 1 is 1.32 bits per heavy atom. The van der Waals surface area contributed by atoms with Crippen molar-refractivity contribution in [2.24, 2.45) is 17.8 Å². The number of halogens is 2. The second-order valence-electron chi connectivity index (χ2n) is 5.77. The first-order chi connectivity index (χ1) is 8.97. The van der Waals surface area contributed by atoms with Gasteiger partial charge in [0, 0.05) is 0 Å². The minimum Gasteiger partial charge on any atom is -0.473 e. The van der Waals surface area contributed by atoms with Crippen LogP contribution >= 0.6 is 23.2 Å². The van der Waals surface area contributed by atoms with E-state index in [1.165, 1.54) is 19.0 Å². The van der Waals surface area contributed by atoms with Crippen molar-refractivity contribution in [3.8, 4) is 5.88 Å². The van der Waals surface area contributed by atoms with Gasteiger partial charge in [0.15, 0.2) is 0 Å². The van der Waals surface area contributed by atoms with Gasteiger partial charge in [-0.1, -0.05) is 38.8 Å². The fraction of sp³-hybridized carbons (Fsp3) is 0.714. The quantitative estimate of drug-likeness (QED) is 0.764. The van der Waals surface area contributed by atoms with E-state index in [9.17, 15) is 0 Å². The van der Waals surface area contributed by atoms with E-state index in [0.29, 0.717) is 28.7 Å². The van der Waals surface area contributed by atoms with E-state index in [-0.39, 0.29) is 11.4 Å². The van der Waals surface area contributed by atoms with Crippen LogP contribution in [0.15, 0.2) is 6.20 Å². The number of ether oxygens (including phenoxy) is 1. The molecule has 1 aliphatic rings. The molecule has 1 fully saturated rings. The molecule has 19 heavy (non-hydrogen) atoms. The van der Waals surface area contributed by atoms with Gasteiger partial charge in [-0.2, -0.15) is 4.98 Å². The van der Waals surface area contributed by atoms with Crippen molar-refractivity contribution < 1.29 is 4.74 Å². The number of nitrogens with zero attached hydrogens (tertiary/aromatic N) is 2. The van der Waals surface area contributed by atoms with Crippen LogP contribution in [0.4, 0.5) is 0 Å². The molecule has 3 atom stereocenters. The van der Waals surface area contributed by atoms with E-state index in [4.69, 9.17) is 27.9 Å². The first-order valence-electron chi connectivity index (χ1n) is 6.82. The summed E-state index contributed by atoms with van der Waals surface area (Å²) in [5.74, 6) is 2.22. The fourth-order valence-electron chi connectivity index (χ4n) is 2.81. The number of hydrogen-bond acceptors (Lipinski definition) is 3. The molecule has 5 heteroatoms. The van der Waals surface area contributed by atoms with Crippen LogP contribution in [0.3, 0.4) is 0 Å². The molecule has 0 aromatic carbocycles. The van der Waals surface area contributed by atoms with Crippen LogP contribution in [0, 0.1) is 17.8 Å².